The molecule has 122 valence electrons. The van der Waals surface area contributed by atoms with Gasteiger partial charge in [0.1, 0.15) is 0 Å². The second kappa shape index (κ2) is 6.17. The number of rotatable bonds is 5. The van der Waals surface area contributed by atoms with Gasteiger partial charge in [0.15, 0.2) is 0 Å². The Bertz CT molecular complexity index is 445. The topological polar surface area (TPSA) is 40.6 Å². The van der Waals surface area contributed by atoms with Crippen molar-refractivity contribution in [2.45, 2.75) is 63.8 Å². The normalized spacial score (nSPS) is 28.6. The molecule has 3 fully saturated rings. The second-order valence-corrected chi connectivity index (χ2v) is 9.26. The van der Waals surface area contributed by atoms with Gasteiger partial charge in [-0.1, -0.05) is 26.2 Å². The van der Waals surface area contributed by atoms with Crippen molar-refractivity contribution >= 4 is 10.0 Å². The molecule has 3 rings (SSSR count). The first-order valence-corrected chi connectivity index (χ1v) is 10.4. The standard InChI is InChI=1S/C16H30N2O2S/c1-2-16(8-4-3-5-9-16)17-10-12-18(13-11-17)21(19,20)14-15-6-7-15/h15H,2-14H2,1H3. The minimum atomic E-state index is -2.99. The van der Waals surface area contributed by atoms with Crippen LogP contribution in [0.2, 0.25) is 0 Å². The summed E-state index contributed by atoms with van der Waals surface area (Å²) in [7, 11) is -2.99. The molecule has 0 amide bonds. The molecule has 0 bridgehead atoms. The van der Waals surface area contributed by atoms with Crippen LogP contribution >= 0.6 is 0 Å². The lowest BCUT2D eigenvalue weighted by molar-refractivity contribution is 0.0212. The number of hydrogen-bond acceptors (Lipinski definition) is 3. The molecule has 0 aromatic rings. The molecule has 2 aliphatic carbocycles. The monoisotopic (exact) mass is 314 g/mol. The molecule has 0 N–H and O–H groups in total. The van der Waals surface area contributed by atoms with Crippen molar-refractivity contribution in [2.24, 2.45) is 5.92 Å². The summed E-state index contributed by atoms with van der Waals surface area (Å²) in [6.45, 7) is 5.57. The van der Waals surface area contributed by atoms with E-state index in [-0.39, 0.29) is 0 Å². The van der Waals surface area contributed by atoms with Crippen molar-refractivity contribution in [3.63, 3.8) is 0 Å². The molecular formula is C16H30N2O2S. The average Bonchev–Trinajstić information content (AvgIpc) is 3.31. The van der Waals surface area contributed by atoms with Gasteiger partial charge in [-0.25, -0.2) is 8.42 Å². The second-order valence-electron chi connectivity index (χ2n) is 7.25. The number of hydrogen-bond donors (Lipinski definition) is 0. The third kappa shape index (κ3) is 3.45. The van der Waals surface area contributed by atoms with Crippen molar-refractivity contribution < 1.29 is 8.42 Å². The number of nitrogens with zero attached hydrogens (tertiary/aromatic N) is 2. The van der Waals surface area contributed by atoms with Crippen LogP contribution in [0.5, 0.6) is 0 Å². The van der Waals surface area contributed by atoms with E-state index in [2.05, 4.69) is 11.8 Å². The lowest BCUT2D eigenvalue weighted by Gasteiger charge is -2.49. The molecule has 0 spiro atoms. The highest BCUT2D eigenvalue weighted by Crippen LogP contribution is 2.37. The molecule has 1 saturated heterocycles. The van der Waals surface area contributed by atoms with Crippen molar-refractivity contribution in [2.75, 3.05) is 31.9 Å². The fourth-order valence-corrected chi connectivity index (χ4v) is 6.09. The van der Waals surface area contributed by atoms with Crippen LogP contribution in [0.4, 0.5) is 0 Å². The van der Waals surface area contributed by atoms with Crippen LogP contribution in [0.1, 0.15) is 58.3 Å². The van der Waals surface area contributed by atoms with Crippen molar-refractivity contribution in [1.29, 1.82) is 0 Å². The van der Waals surface area contributed by atoms with E-state index in [4.69, 9.17) is 0 Å². The summed E-state index contributed by atoms with van der Waals surface area (Å²) < 4.78 is 26.5. The van der Waals surface area contributed by atoms with E-state index >= 15 is 0 Å². The zero-order chi connectivity index (χ0) is 14.9. The fourth-order valence-electron chi connectivity index (χ4n) is 4.23. The first kappa shape index (κ1) is 15.8. The molecule has 0 atom stereocenters. The van der Waals surface area contributed by atoms with Crippen LogP contribution in [-0.4, -0.2) is 55.1 Å². The third-order valence-electron chi connectivity index (χ3n) is 5.89. The van der Waals surface area contributed by atoms with Crippen LogP contribution in [-0.2, 0) is 10.0 Å². The first-order valence-electron chi connectivity index (χ1n) is 8.79. The maximum absolute atomic E-state index is 12.4. The maximum atomic E-state index is 12.4. The molecule has 2 saturated carbocycles. The van der Waals surface area contributed by atoms with E-state index < -0.39 is 10.0 Å². The Morgan fingerprint density at radius 3 is 2.14 bits per heavy atom. The van der Waals surface area contributed by atoms with Crippen molar-refractivity contribution in [3.8, 4) is 0 Å². The molecular weight excluding hydrogens is 284 g/mol. The van der Waals surface area contributed by atoms with Crippen LogP contribution in [0, 0.1) is 5.92 Å². The summed E-state index contributed by atoms with van der Waals surface area (Å²) in [4.78, 5) is 2.61. The SMILES string of the molecule is CCC1(N2CCN(S(=O)(=O)CC3CC3)CC2)CCCCC1. The molecule has 0 unspecified atom stereocenters. The van der Waals surface area contributed by atoms with Crippen molar-refractivity contribution in [1.82, 2.24) is 9.21 Å². The zero-order valence-corrected chi connectivity index (χ0v) is 14.2. The maximum Gasteiger partial charge on any atom is 0.214 e. The minimum absolute atomic E-state index is 0.366. The van der Waals surface area contributed by atoms with Gasteiger partial charge in [0, 0.05) is 31.7 Å². The Morgan fingerprint density at radius 1 is 1.00 bits per heavy atom. The Labute approximate surface area is 129 Å². The Morgan fingerprint density at radius 2 is 1.62 bits per heavy atom. The average molecular weight is 314 g/mol. The highest BCUT2D eigenvalue weighted by atomic mass is 32.2. The van der Waals surface area contributed by atoms with E-state index in [9.17, 15) is 8.42 Å². The molecule has 0 aromatic heterocycles. The van der Waals surface area contributed by atoms with E-state index in [1.165, 1.54) is 38.5 Å². The van der Waals surface area contributed by atoms with Crippen LogP contribution in [0.15, 0.2) is 0 Å². The van der Waals surface area contributed by atoms with Gasteiger partial charge in [0.25, 0.3) is 0 Å². The van der Waals surface area contributed by atoms with Gasteiger partial charge in [0.05, 0.1) is 5.75 Å². The predicted molar refractivity (Wildman–Crippen MR) is 85.8 cm³/mol. The van der Waals surface area contributed by atoms with Gasteiger partial charge in [0.2, 0.25) is 10.0 Å². The Hall–Kier alpha value is -0.130. The quantitative estimate of drug-likeness (QED) is 0.782. The molecule has 5 heteroatoms. The molecule has 0 radical (unpaired) electrons. The van der Waals surface area contributed by atoms with Crippen molar-refractivity contribution in [3.05, 3.63) is 0 Å². The summed E-state index contributed by atoms with van der Waals surface area (Å²) in [6, 6.07) is 0. The highest BCUT2D eigenvalue weighted by Gasteiger charge is 2.40. The molecule has 1 heterocycles. The van der Waals surface area contributed by atoms with Gasteiger partial charge in [-0.3, -0.25) is 4.90 Å². The van der Waals surface area contributed by atoms with Gasteiger partial charge >= 0.3 is 0 Å². The van der Waals surface area contributed by atoms with E-state index in [0.717, 1.165) is 25.9 Å². The van der Waals surface area contributed by atoms with Gasteiger partial charge < -0.3 is 0 Å². The smallest absolute Gasteiger partial charge is 0.214 e. The first-order chi connectivity index (χ1) is 10.1. The van der Waals surface area contributed by atoms with E-state index in [1.54, 1.807) is 4.31 Å². The highest BCUT2D eigenvalue weighted by molar-refractivity contribution is 7.89. The Balaban J connectivity index is 1.59. The van der Waals surface area contributed by atoms with Gasteiger partial charge in [-0.15, -0.1) is 0 Å². The summed E-state index contributed by atoms with van der Waals surface area (Å²) in [5.74, 6) is 0.847. The molecule has 21 heavy (non-hydrogen) atoms. The van der Waals surface area contributed by atoms with Gasteiger partial charge in [-0.05, 0) is 38.0 Å². The minimum Gasteiger partial charge on any atom is -0.295 e. The third-order valence-corrected chi connectivity index (χ3v) is 7.93. The number of sulfonamides is 1. The molecule has 0 aromatic carbocycles. The Kier molecular flexibility index (Phi) is 4.63. The summed E-state index contributed by atoms with van der Waals surface area (Å²) in [5.41, 5.74) is 0.366. The van der Waals surface area contributed by atoms with Crippen LogP contribution in [0.25, 0.3) is 0 Å². The van der Waals surface area contributed by atoms with Gasteiger partial charge in [-0.2, -0.15) is 4.31 Å². The van der Waals surface area contributed by atoms with Crippen LogP contribution < -0.4 is 0 Å². The summed E-state index contributed by atoms with van der Waals surface area (Å²) >= 11 is 0. The molecule has 4 nitrogen and oxygen atoms in total. The lowest BCUT2D eigenvalue weighted by atomic mass is 9.78. The molecule has 1 aliphatic heterocycles. The summed E-state index contributed by atoms with van der Waals surface area (Å²) in [5, 5.41) is 0. The lowest BCUT2D eigenvalue weighted by Crippen LogP contribution is -2.58. The van der Waals surface area contributed by atoms with Crippen LogP contribution in [0.3, 0.4) is 0 Å². The fraction of sp³-hybridized carbons (Fsp3) is 1.00. The zero-order valence-electron chi connectivity index (χ0n) is 13.4. The summed E-state index contributed by atoms with van der Waals surface area (Å²) in [6.07, 6.45) is 10.1. The molecule has 3 aliphatic rings. The largest absolute Gasteiger partial charge is 0.295 e. The van der Waals surface area contributed by atoms with E-state index in [0.29, 0.717) is 30.3 Å². The van der Waals surface area contributed by atoms with E-state index in [1.807, 2.05) is 0 Å². The number of piperazine rings is 1. The predicted octanol–water partition coefficient (Wildman–Crippen LogP) is 2.46.